The highest BCUT2D eigenvalue weighted by atomic mass is 16.5. The monoisotopic (exact) mass is 369 g/mol. The van der Waals surface area contributed by atoms with Crippen LogP contribution < -0.4 is 4.74 Å². The summed E-state index contributed by atoms with van der Waals surface area (Å²) in [5.74, 6) is 0.942. The third kappa shape index (κ3) is 5.52. The van der Waals surface area contributed by atoms with Crippen LogP contribution in [0.3, 0.4) is 0 Å². The van der Waals surface area contributed by atoms with E-state index in [0.29, 0.717) is 26.4 Å². The number of carbonyl (C=O) groups excluding carboxylic acids is 1. The lowest BCUT2D eigenvalue weighted by molar-refractivity contribution is -0.138. The number of ether oxygens (including phenoxy) is 2. The standard InChI is InChI=1S/C21H27N3O3/c1-23(11-6-14-27-19-8-3-2-4-9-19)21(25)20(18-7-5-10-22-17-18)24-12-15-26-16-13-24/h2-5,7-10,17,20H,6,11-16H2,1H3/t20-/m1/s1. The highest BCUT2D eigenvalue weighted by molar-refractivity contribution is 5.83. The summed E-state index contributed by atoms with van der Waals surface area (Å²) >= 11 is 0. The van der Waals surface area contributed by atoms with E-state index in [1.54, 1.807) is 17.3 Å². The predicted molar refractivity (Wildman–Crippen MR) is 104 cm³/mol. The van der Waals surface area contributed by atoms with Crippen molar-refractivity contribution in [1.82, 2.24) is 14.8 Å². The number of likely N-dealkylation sites (N-methyl/N-ethyl adjacent to an activating group) is 1. The van der Waals surface area contributed by atoms with Gasteiger partial charge in [0.05, 0.1) is 19.8 Å². The predicted octanol–water partition coefficient (Wildman–Crippen LogP) is 2.38. The number of hydrogen-bond donors (Lipinski definition) is 0. The van der Waals surface area contributed by atoms with Crippen LogP contribution in [-0.2, 0) is 9.53 Å². The Balaban J connectivity index is 1.57. The van der Waals surface area contributed by atoms with E-state index in [1.165, 1.54) is 0 Å². The number of nitrogens with zero attached hydrogens (tertiary/aromatic N) is 3. The van der Waals surface area contributed by atoms with Crippen LogP contribution in [0.25, 0.3) is 0 Å². The molecule has 2 heterocycles. The first kappa shape index (κ1) is 19.3. The van der Waals surface area contributed by atoms with Crippen molar-refractivity contribution in [2.24, 2.45) is 0 Å². The fourth-order valence-electron chi connectivity index (χ4n) is 3.21. The second kappa shape index (κ2) is 10.0. The van der Waals surface area contributed by atoms with Crippen LogP contribution >= 0.6 is 0 Å². The minimum absolute atomic E-state index is 0.0876. The zero-order valence-electron chi connectivity index (χ0n) is 15.8. The summed E-state index contributed by atoms with van der Waals surface area (Å²) in [4.78, 5) is 21.4. The molecule has 0 unspecified atom stereocenters. The molecule has 6 heteroatoms. The highest BCUT2D eigenvalue weighted by Crippen LogP contribution is 2.23. The molecule has 2 aromatic rings. The van der Waals surface area contributed by atoms with E-state index in [-0.39, 0.29) is 11.9 Å². The van der Waals surface area contributed by atoms with Gasteiger partial charge in [-0.05, 0) is 30.2 Å². The van der Waals surface area contributed by atoms with Crippen molar-refractivity contribution in [3.05, 3.63) is 60.4 Å². The third-order valence-electron chi connectivity index (χ3n) is 4.67. The molecule has 1 aliphatic rings. The van der Waals surface area contributed by atoms with E-state index in [4.69, 9.17) is 9.47 Å². The minimum Gasteiger partial charge on any atom is -0.494 e. The molecule has 0 radical (unpaired) electrons. The normalized spacial score (nSPS) is 15.9. The lowest BCUT2D eigenvalue weighted by atomic mass is 10.1. The highest BCUT2D eigenvalue weighted by Gasteiger charge is 2.31. The molecule has 1 aliphatic heterocycles. The fraction of sp³-hybridized carbons (Fsp3) is 0.429. The van der Waals surface area contributed by atoms with Crippen molar-refractivity contribution in [1.29, 1.82) is 0 Å². The van der Waals surface area contributed by atoms with Gasteiger partial charge in [0.2, 0.25) is 5.91 Å². The summed E-state index contributed by atoms with van der Waals surface area (Å²) in [5.41, 5.74) is 0.928. The van der Waals surface area contributed by atoms with Crippen LogP contribution in [0.5, 0.6) is 5.75 Å². The molecule has 1 amide bonds. The van der Waals surface area contributed by atoms with Gasteiger partial charge in [0.25, 0.3) is 0 Å². The topological polar surface area (TPSA) is 54.9 Å². The first-order valence-corrected chi connectivity index (χ1v) is 9.40. The summed E-state index contributed by atoms with van der Waals surface area (Å²) in [6, 6.07) is 13.3. The van der Waals surface area contributed by atoms with E-state index in [9.17, 15) is 4.79 Å². The Labute approximate surface area is 160 Å². The Morgan fingerprint density at radius 2 is 2.00 bits per heavy atom. The van der Waals surface area contributed by atoms with Crippen LogP contribution in [0.4, 0.5) is 0 Å². The largest absolute Gasteiger partial charge is 0.494 e. The number of rotatable bonds is 8. The average molecular weight is 369 g/mol. The summed E-state index contributed by atoms with van der Waals surface area (Å²) in [6.45, 7) is 4.02. The van der Waals surface area contributed by atoms with Gasteiger partial charge in [-0.25, -0.2) is 0 Å². The van der Waals surface area contributed by atoms with Crippen LogP contribution in [0.2, 0.25) is 0 Å². The van der Waals surface area contributed by atoms with Gasteiger partial charge in [0, 0.05) is 39.1 Å². The van der Waals surface area contributed by atoms with E-state index < -0.39 is 0 Å². The van der Waals surface area contributed by atoms with Crippen molar-refractivity contribution < 1.29 is 14.3 Å². The smallest absolute Gasteiger partial charge is 0.244 e. The van der Waals surface area contributed by atoms with Crippen LogP contribution in [0.15, 0.2) is 54.9 Å². The first-order valence-electron chi connectivity index (χ1n) is 9.40. The van der Waals surface area contributed by atoms with E-state index in [1.807, 2.05) is 49.5 Å². The van der Waals surface area contributed by atoms with Gasteiger partial charge in [0.15, 0.2) is 0 Å². The number of carbonyl (C=O) groups is 1. The molecule has 1 fully saturated rings. The van der Waals surface area contributed by atoms with Gasteiger partial charge in [-0.3, -0.25) is 14.7 Å². The van der Waals surface area contributed by atoms with Crippen molar-refractivity contribution in [2.45, 2.75) is 12.5 Å². The van der Waals surface area contributed by atoms with Gasteiger partial charge < -0.3 is 14.4 Å². The van der Waals surface area contributed by atoms with Crippen molar-refractivity contribution in [3.63, 3.8) is 0 Å². The molecule has 6 nitrogen and oxygen atoms in total. The number of hydrogen-bond acceptors (Lipinski definition) is 5. The molecule has 1 atom stereocenters. The molecule has 1 aromatic carbocycles. The Hall–Kier alpha value is -2.44. The number of pyridine rings is 1. The summed E-state index contributed by atoms with van der Waals surface area (Å²) < 4.78 is 11.2. The average Bonchev–Trinajstić information content (AvgIpc) is 2.73. The number of benzene rings is 1. The van der Waals surface area contributed by atoms with E-state index in [2.05, 4.69) is 9.88 Å². The van der Waals surface area contributed by atoms with E-state index in [0.717, 1.165) is 30.8 Å². The van der Waals surface area contributed by atoms with Gasteiger partial charge in [-0.15, -0.1) is 0 Å². The number of aromatic nitrogens is 1. The maximum absolute atomic E-state index is 13.2. The van der Waals surface area contributed by atoms with Crippen LogP contribution in [0, 0.1) is 0 Å². The maximum atomic E-state index is 13.2. The number of para-hydroxylation sites is 1. The van der Waals surface area contributed by atoms with Crippen molar-refractivity contribution >= 4 is 5.91 Å². The van der Waals surface area contributed by atoms with Gasteiger partial charge in [-0.2, -0.15) is 0 Å². The summed E-state index contributed by atoms with van der Waals surface area (Å²) in [5, 5.41) is 0. The maximum Gasteiger partial charge on any atom is 0.244 e. The molecule has 0 saturated carbocycles. The molecule has 27 heavy (non-hydrogen) atoms. The zero-order chi connectivity index (χ0) is 18.9. The van der Waals surface area contributed by atoms with Gasteiger partial charge in [0.1, 0.15) is 11.8 Å². The Morgan fingerprint density at radius 1 is 1.22 bits per heavy atom. The van der Waals surface area contributed by atoms with Crippen LogP contribution in [0.1, 0.15) is 18.0 Å². The number of amides is 1. The molecule has 3 rings (SSSR count). The second-order valence-corrected chi connectivity index (χ2v) is 6.61. The van der Waals surface area contributed by atoms with Gasteiger partial charge in [-0.1, -0.05) is 24.3 Å². The number of morpholine rings is 1. The minimum atomic E-state index is -0.317. The molecule has 1 aromatic heterocycles. The fourth-order valence-corrected chi connectivity index (χ4v) is 3.21. The lowest BCUT2D eigenvalue weighted by Crippen LogP contribution is -2.46. The Kier molecular flexibility index (Phi) is 7.19. The summed E-state index contributed by atoms with van der Waals surface area (Å²) in [7, 11) is 1.86. The molecule has 0 spiro atoms. The zero-order valence-corrected chi connectivity index (χ0v) is 15.8. The Morgan fingerprint density at radius 3 is 2.70 bits per heavy atom. The second-order valence-electron chi connectivity index (χ2n) is 6.61. The molecule has 0 N–H and O–H groups in total. The third-order valence-corrected chi connectivity index (χ3v) is 4.67. The van der Waals surface area contributed by atoms with Crippen LogP contribution in [-0.4, -0.2) is 67.2 Å². The summed E-state index contributed by atoms with van der Waals surface area (Å²) in [6.07, 6.45) is 4.29. The van der Waals surface area contributed by atoms with Gasteiger partial charge >= 0.3 is 0 Å². The van der Waals surface area contributed by atoms with E-state index >= 15 is 0 Å². The first-order chi connectivity index (χ1) is 13.3. The molecule has 1 saturated heterocycles. The molecular weight excluding hydrogens is 342 g/mol. The molecule has 0 aliphatic carbocycles. The van der Waals surface area contributed by atoms with Crippen molar-refractivity contribution in [2.75, 3.05) is 46.5 Å². The Bertz CT molecular complexity index is 690. The molecule has 144 valence electrons. The molecule has 0 bridgehead atoms. The lowest BCUT2D eigenvalue weighted by Gasteiger charge is -2.35. The quantitative estimate of drug-likeness (QED) is 0.669. The molecular formula is C21H27N3O3. The van der Waals surface area contributed by atoms with Crippen molar-refractivity contribution in [3.8, 4) is 5.75 Å². The SMILES string of the molecule is CN(CCCOc1ccccc1)C(=O)[C@@H](c1cccnc1)N1CCOCC1.